The molecule has 218 valence electrons. The highest BCUT2D eigenvalue weighted by molar-refractivity contribution is 6.12. The highest BCUT2D eigenvalue weighted by Crippen LogP contribution is 2.45. The van der Waals surface area contributed by atoms with Crippen molar-refractivity contribution < 1.29 is 13.9 Å². The van der Waals surface area contributed by atoms with E-state index in [0.29, 0.717) is 0 Å². The van der Waals surface area contributed by atoms with Gasteiger partial charge in [0.05, 0.1) is 11.4 Å². The van der Waals surface area contributed by atoms with Gasteiger partial charge in [0, 0.05) is 33.0 Å². The van der Waals surface area contributed by atoms with Crippen LogP contribution >= 0.6 is 0 Å². The predicted octanol–water partition coefficient (Wildman–Crippen LogP) is 11.0. The molecule has 0 saturated carbocycles. The van der Waals surface area contributed by atoms with Gasteiger partial charge in [-0.05, 0) is 70.8 Å². The predicted molar refractivity (Wildman–Crippen MR) is 185 cm³/mol. The SMILES string of the molecule is c1ccc(-c2cc(-c3ccc4c(c3)-c3ccc(-c5cccc6oc7ccccc7c56)cc3OCO4)cc(-c3ccccc3)n2)cc1. The summed E-state index contributed by atoms with van der Waals surface area (Å²) in [5, 5.41) is 2.20. The summed E-state index contributed by atoms with van der Waals surface area (Å²) in [5.74, 6) is 1.57. The minimum absolute atomic E-state index is 0.132. The summed E-state index contributed by atoms with van der Waals surface area (Å²) >= 11 is 0. The fourth-order valence-electron chi connectivity index (χ4n) is 6.46. The smallest absolute Gasteiger partial charge is 0.230 e. The molecule has 46 heavy (non-hydrogen) atoms. The van der Waals surface area contributed by atoms with Crippen LogP contribution in [-0.4, -0.2) is 11.8 Å². The summed E-state index contributed by atoms with van der Waals surface area (Å²) in [7, 11) is 0. The zero-order valence-electron chi connectivity index (χ0n) is 24.8. The molecule has 4 nitrogen and oxygen atoms in total. The van der Waals surface area contributed by atoms with Crippen molar-refractivity contribution >= 4 is 21.9 Å². The maximum Gasteiger partial charge on any atom is 0.230 e. The Morgan fingerprint density at radius 2 is 1.09 bits per heavy atom. The molecule has 0 radical (unpaired) electrons. The lowest BCUT2D eigenvalue weighted by Gasteiger charge is -2.13. The van der Waals surface area contributed by atoms with E-state index < -0.39 is 0 Å². The van der Waals surface area contributed by atoms with E-state index in [1.54, 1.807) is 0 Å². The van der Waals surface area contributed by atoms with Gasteiger partial charge < -0.3 is 13.9 Å². The molecule has 0 saturated heterocycles. The summed E-state index contributed by atoms with van der Waals surface area (Å²) < 4.78 is 18.5. The van der Waals surface area contributed by atoms with Crippen LogP contribution in [0.5, 0.6) is 11.5 Å². The summed E-state index contributed by atoms with van der Waals surface area (Å²) in [6.45, 7) is 0.132. The van der Waals surface area contributed by atoms with Crippen LogP contribution in [0.2, 0.25) is 0 Å². The van der Waals surface area contributed by atoms with Crippen LogP contribution < -0.4 is 9.47 Å². The van der Waals surface area contributed by atoms with E-state index in [-0.39, 0.29) is 6.79 Å². The molecule has 0 bridgehead atoms. The Morgan fingerprint density at radius 1 is 0.413 bits per heavy atom. The van der Waals surface area contributed by atoms with E-state index in [4.69, 9.17) is 18.9 Å². The number of benzene rings is 6. The summed E-state index contributed by atoms with van der Waals surface area (Å²) in [6, 6.07) is 52.1. The van der Waals surface area contributed by atoms with Crippen molar-refractivity contribution in [1.29, 1.82) is 0 Å². The highest BCUT2D eigenvalue weighted by atomic mass is 16.7. The average Bonchev–Trinajstić information content (AvgIpc) is 3.41. The van der Waals surface area contributed by atoms with Gasteiger partial charge in [-0.3, -0.25) is 0 Å². The summed E-state index contributed by atoms with van der Waals surface area (Å²) in [5.41, 5.74) is 12.1. The molecular formula is C42H27NO3. The Hall–Kier alpha value is -6.13. The molecule has 8 aromatic rings. The number of fused-ring (bicyclic) bond motifs is 6. The highest BCUT2D eigenvalue weighted by Gasteiger charge is 2.20. The van der Waals surface area contributed by atoms with Gasteiger partial charge in [-0.15, -0.1) is 0 Å². The molecule has 0 N–H and O–H groups in total. The molecule has 0 aliphatic carbocycles. The van der Waals surface area contributed by atoms with Crippen LogP contribution in [0.25, 0.3) is 77.8 Å². The molecule has 0 unspecified atom stereocenters. The fraction of sp³-hybridized carbons (Fsp3) is 0.0238. The largest absolute Gasteiger partial charge is 0.457 e. The second-order valence-corrected chi connectivity index (χ2v) is 11.5. The average molecular weight is 594 g/mol. The fourth-order valence-corrected chi connectivity index (χ4v) is 6.46. The van der Waals surface area contributed by atoms with Gasteiger partial charge in [0.15, 0.2) is 0 Å². The molecule has 3 heterocycles. The Balaban J connectivity index is 1.17. The van der Waals surface area contributed by atoms with Crippen molar-refractivity contribution in [3.8, 4) is 67.4 Å². The van der Waals surface area contributed by atoms with Crippen LogP contribution in [-0.2, 0) is 0 Å². The first kappa shape index (κ1) is 26.3. The van der Waals surface area contributed by atoms with Crippen molar-refractivity contribution in [2.45, 2.75) is 0 Å². The number of hydrogen-bond donors (Lipinski definition) is 0. The molecule has 6 aromatic carbocycles. The quantitative estimate of drug-likeness (QED) is 0.204. The van der Waals surface area contributed by atoms with Gasteiger partial charge in [-0.1, -0.05) is 103 Å². The Morgan fingerprint density at radius 3 is 1.87 bits per heavy atom. The van der Waals surface area contributed by atoms with Gasteiger partial charge in [-0.25, -0.2) is 4.98 Å². The molecule has 0 spiro atoms. The van der Waals surface area contributed by atoms with E-state index >= 15 is 0 Å². The van der Waals surface area contributed by atoms with Gasteiger partial charge in [0.25, 0.3) is 0 Å². The normalized spacial score (nSPS) is 12.2. The topological polar surface area (TPSA) is 44.5 Å². The first-order chi connectivity index (χ1) is 22.8. The van der Waals surface area contributed by atoms with Crippen molar-refractivity contribution in [2.75, 3.05) is 6.79 Å². The molecule has 9 rings (SSSR count). The molecule has 1 aliphatic rings. The Bertz CT molecular complexity index is 2340. The lowest BCUT2D eigenvalue weighted by Crippen LogP contribution is -2.03. The maximum atomic E-state index is 6.22. The number of nitrogens with zero attached hydrogens (tertiary/aromatic N) is 1. The Kier molecular flexibility index (Phi) is 6.17. The molecular weight excluding hydrogens is 566 g/mol. The summed E-state index contributed by atoms with van der Waals surface area (Å²) in [6.07, 6.45) is 0. The van der Waals surface area contributed by atoms with E-state index in [1.807, 2.05) is 66.7 Å². The van der Waals surface area contributed by atoms with Crippen LogP contribution in [0.1, 0.15) is 0 Å². The molecule has 0 fully saturated rings. The maximum absolute atomic E-state index is 6.22. The first-order valence-corrected chi connectivity index (χ1v) is 15.4. The third-order valence-electron chi connectivity index (χ3n) is 8.69. The van der Waals surface area contributed by atoms with E-state index in [9.17, 15) is 0 Å². The van der Waals surface area contributed by atoms with Gasteiger partial charge in [0.1, 0.15) is 22.7 Å². The number of para-hydroxylation sites is 1. The van der Waals surface area contributed by atoms with E-state index in [1.165, 1.54) is 0 Å². The lowest BCUT2D eigenvalue weighted by molar-refractivity contribution is 0.125. The number of rotatable bonds is 4. The van der Waals surface area contributed by atoms with E-state index in [2.05, 4.69) is 84.9 Å². The van der Waals surface area contributed by atoms with Crippen molar-refractivity contribution in [3.05, 3.63) is 152 Å². The van der Waals surface area contributed by atoms with Gasteiger partial charge >= 0.3 is 0 Å². The van der Waals surface area contributed by atoms with E-state index in [0.717, 1.165) is 89.3 Å². The van der Waals surface area contributed by atoms with Crippen molar-refractivity contribution in [1.82, 2.24) is 4.98 Å². The zero-order valence-corrected chi connectivity index (χ0v) is 24.8. The number of furan rings is 1. The number of aromatic nitrogens is 1. The van der Waals surface area contributed by atoms with Gasteiger partial charge in [0.2, 0.25) is 6.79 Å². The molecule has 4 heteroatoms. The molecule has 0 amide bonds. The second kappa shape index (κ2) is 10.8. The Labute approximate surface area is 266 Å². The zero-order chi connectivity index (χ0) is 30.5. The number of ether oxygens (including phenoxy) is 2. The second-order valence-electron chi connectivity index (χ2n) is 11.5. The third kappa shape index (κ3) is 4.51. The third-order valence-corrected chi connectivity index (χ3v) is 8.69. The minimum atomic E-state index is 0.132. The number of hydrogen-bond acceptors (Lipinski definition) is 4. The van der Waals surface area contributed by atoms with Crippen molar-refractivity contribution in [2.24, 2.45) is 0 Å². The minimum Gasteiger partial charge on any atom is -0.457 e. The van der Waals surface area contributed by atoms with Crippen molar-refractivity contribution in [3.63, 3.8) is 0 Å². The van der Waals surface area contributed by atoms with Crippen LogP contribution in [0.3, 0.4) is 0 Å². The van der Waals surface area contributed by atoms with Crippen LogP contribution in [0.15, 0.2) is 156 Å². The monoisotopic (exact) mass is 593 g/mol. The number of pyridine rings is 1. The first-order valence-electron chi connectivity index (χ1n) is 15.4. The molecule has 0 atom stereocenters. The molecule has 2 aromatic heterocycles. The summed E-state index contributed by atoms with van der Waals surface area (Å²) in [4.78, 5) is 5.06. The van der Waals surface area contributed by atoms with Crippen LogP contribution in [0.4, 0.5) is 0 Å². The molecule has 1 aliphatic heterocycles. The van der Waals surface area contributed by atoms with Crippen LogP contribution in [0, 0.1) is 0 Å². The standard InChI is InChI=1S/C42H27NO3/c1-3-10-27(11-4-1)36-23-31(24-37(43-36)28-12-5-2-6-13-28)29-19-21-38-35(22-29)33-20-18-30(25-41(33)45-26-44-38)32-15-9-17-40-42(32)34-14-7-8-16-39(34)46-40/h1-25H,26H2. The van der Waals surface area contributed by atoms with Gasteiger partial charge in [-0.2, -0.15) is 0 Å². The lowest BCUT2D eigenvalue weighted by atomic mass is 9.93.